The minimum absolute atomic E-state index is 0.249. The molecule has 4 heteroatoms. The first-order valence-electron chi connectivity index (χ1n) is 8.11. The van der Waals surface area contributed by atoms with E-state index in [1.165, 1.54) is 17.0 Å². The minimum Gasteiger partial charge on any atom is -0.348 e. The first-order valence-corrected chi connectivity index (χ1v) is 8.93. The van der Waals surface area contributed by atoms with Crippen molar-refractivity contribution in [1.82, 2.24) is 10.3 Å². The third-order valence-corrected chi connectivity index (χ3v) is 5.27. The lowest BCUT2D eigenvalue weighted by Crippen LogP contribution is -2.39. The van der Waals surface area contributed by atoms with Crippen molar-refractivity contribution in [3.05, 3.63) is 10.6 Å². The normalized spacial score (nSPS) is 13.8. The fourth-order valence-electron chi connectivity index (χ4n) is 2.20. The average Bonchev–Trinajstić information content (AvgIpc) is 2.80. The summed E-state index contributed by atoms with van der Waals surface area (Å²) in [6, 6.07) is 0.458. The van der Waals surface area contributed by atoms with Crippen LogP contribution in [-0.4, -0.2) is 24.6 Å². The topological polar surface area (TPSA) is 28.2 Å². The molecular formula is C17H33N3S. The van der Waals surface area contributed by atoms with Crippen molar-refractivity contribution in [3.8, 4) is 0 Å². The largest absolute Gasteiger partial charge is 0.348 e. The molecule has 21 heavy (non-hydrogen) atoms. The molecule has 0 radical (unpaired) electrons. The van der Waals surface area contributed by atoms with Crippen LogP contribution in [0.4, 0.5) is 5.13 Å². The molecule has 0 bridgehead atoms. The van der Waals surface area contributed by atoms with Gasteiger partial charge in [0.25, 0.3) is 0 Å². The highest BCUT2D eigenvalue weighted by Crippen LogP contribution is 2.34. The van der Waals surface area contributed by atoms with Gasteiger partial charge in [-0.25, -0.2) is 4.98 Å². The maximum atomic E-state index is 4.93. The van der Waals surface area contributed by atoms with Gasteiger partial charge in [-0.3, -0.25) is 0 Å². The summed E-state index contributed by atoms with van der Waals surface area (Å²) in [5.74, 6) is 0.478. The maximum absolute atomic E-state index is 4.93. The molecule has 0 spiro atoms. The quantitative estimate of drug-likeness (QED) is 0.744. The van der Waals surface area contributed by atoms with Crippen molar-refractivity contribution in [2.75, 3.05) is 18.5 Å². The summed E-state index contributed by atoms with van der Waals surface area (Å²) in [6.45, 7) is 17.8. The Morgan fingerprint density at radius 2 is 1.86 bits per heavy atom. The molecule has 0 aromatic carbocycles. The molecule has 0 saturated heterocycles. The van der Waals surface area contributed by atoms with Crippen LogP contribution in [0.25, 0.3) is 0 Å². The number of thiazole rings is 1. The van der Waals surface area contributed by atoms with Gasteiger partial charge in [0.15, 0.2) is 5.13 Å². The number of rotatable bonds is 7. The van der Waals surface area contributed by atoms with Crippen molar-refractivity contribution in [2.45, 2.75) is 73.4 Å². The van der Waals surface area contributed by atoms with Gasteiger partial charge in [0.1, 0.15) is 0 Å². The van der Waals surface area contributed by atoms with E-state index < -0.39 is 0 Å². The molecule has 122 valence electrons. The highest BCUT2D eigenvalue weighted by Gasteiger charge is 2.27. The van der Waals surface area contributed by atoms with Crippen molar-refractivity contribution < 1.29 is 0 Å². The number of nitrogens with zero attached hydrogens (tertiary/aromatic N) is 2. The summed E-state index contributed by atoms with van der Waals surface area (Å²) in [5, 5.41) is 4.66. The number of aromatic nitrogens is 1. The summed E-state index contributed by atoms with van der Waals surface area (Å²) in [4.78, 5) is 8.65. The molecule has 1 aromatic rings. The van der Waals surface area contributed by atoms with E-state index in [0.29, 0.717) is 12.0 Å². The van der Waals surface area contributed by atoms with Crippen LogP contribution in [0.5, 0.6) is 0 Å². The van der Waals surface area contributed by atoms with Crippen LogP contribution in [0.2, 0.25) is 0 Å². The molecule has 0 saturated carbocycles. The van der Waals surface area contributed by atoms with Gasteiger partial charge in [-0.15, -0.1) is 11.3 Å². The maximum Gasteiger partial charge on any atom is 0.185 e. The van der Waals surface area contributed by atoms with Gasteiger partial charge in [0.05, 0.1) is 5.69 Å². The highest BCUT2D eigenvalue weighted by molar-refractivity contribution is 7.15. The molecule has 1 unspecified atom stereocenters. The van der Waals surface area contributed by atoms with Gasteiger partial charge >= 0.3 is 0 Å². The number of hydrogen-bond acceptors (Lipinski definition) is 4. The monoisotopic (exact) mass is 311 g/mol. The Labute approximate surface area is 135 Å². The van der Waals surface area contributed by atoms with Gasteiger partial charge in [-0.2, -0.15) is 0 Å². The number of anilines is 1. The number of hydrogen-bond donors (Lipinski definition) is 1. The minimum atomic E-state index is 0.249. The summed E-state index contributed by atoms with van der Waals surface area (Å²) in [6.07, 6.45) is 1.17. The van der Waals surface area contributed by atoms with Crippen molar-refractivity contribution >= 4 is 16.5 Å². The van der Waals surface area contributed by atoms with Gasteiger partial charge in [0.2, 0.25) is 0 Å². The first kappa shape index (κ1) is 18.4. The van der Waals surface area contributed by atoms with Crippen LogP contribution in [0.15, 0.2) is 0 Å². The smallest absolute Gasteiger partial charge is 0.185 e. The molecule has 0 aliphatic heterocycles. The molecule has 0 amide bonds. The zero-order valence-corrected chi connectivity index (χ0v) is 15.9. The van der Waals surface area contributed by atoms with E-state index in [0.717, 1.165) is 18.2 Å². The fraction of sp³-hybridized carbons (Fsp3) is 0.824. The van der Waals surface area contributed by atoms with Crippen LogP contribution < -0.4 is 10.2 Å². The second-order valence-corrected chi connectivity index (χ2v) is 8.35. The molecule has 1 atom stereocenters. The van der Waals surface area contributed by atoms with Crippen LogP contribution in [-0.2, 0) is 6.54 Å². The second kappa shape index (κ2) is 7.59. The SMILES string of the molecule is CCCNCc1sc(N(C)C(C)C(C)(C)C)nc1C(C)C. The lowest BCUT2D eigenvalue weighted by Gasteiger charge is -2.35. The molecule has 0 aliphatic rings. The van der Waals surface area contributed by atoms with Crippen LogP contribution >= 0.6 is 11.3 Å². The van der Waals surface area contributed by atoms with Crippen molar-refractivity contribution in [2.24, 2.45) is 5.41 Å². The third kappa shape index (κ3) is 4.96. The highest BCUT2D eigenvalue weighted by atomic mass is 32.1. The Hall–Kier alpha value is -0.610. The third-order valence-electron chi connectivity index (χ3n) is 4.11. The zero-order valence-electron chi connectivity index (χ0n) is 15.1. The number of nitrogens with one attached hydrogen (secondary N) is 1. The van der Waals surface area contributed by atoms with Crippen LogP contribution in [0.1, 0.15) is 71.4 Å². The van der Waals surface area contributed by atoms with E-state index >= 15 is 0 Å². The lowest BCUT2D eigenvalue weighted by molar-refractivity contribution is 0.329. The molecular weight excluding hydrogens is 278 g/mol. The predicted molar refractivity (Wildman–Crippen MR) is 95.5 cm³/mol. The van der Waals surface area contributed by atoms with E-state index in [2.05, 4.69) is 65.7 Å². The summed E-state index contributed by atoms with van der Waals surface area (Å²) < 4.78 is 0. The second-order valence-electron chi connectivity index (χ2n) is 7.29. The van der Waals surface area contributed by atoms with E-state index in [1.807, 2.05) is 11.3 Å². The Bertz CT molecular complexity index is 432. The standard InChI is InChI=1S/C17H33N3S/c1-9-10-18-11-14-15(12(2)3)19-16(21-14)20(8)13(4)17(5,6)7/h12-13,18H,9-11H2,1-8H3. The van der Waals surface area contributed by atoms with Gasteiger partial charge in [-0.05, 0) is 31.2 Å². The van der Waals surface area contributed by atoms with Gasteiger partial charge in [0, 0.05) is 24.5 Å². The Balaban J connectivity index is 2.96. The summed E-state index contributed by atoms with van der Waals surface area (Å²) in [7, 11) is 2.17. The van der Waals surface area contributed by atoms with E-state index in [-0.39, 0.29) is 5.41 Å². The van der Waals surface area contributed by atoms with Gasteiger partial charge < -0.3 is 10.2 Å². The fourth-order valence-corrected chi connectivity index (χ4v) is 3.43. The molecule has 1 heterocycles. The van der Waals surface area contributed by atoms with Crippen molar-refractivity contribution in [3.63, 3.8) is 0 Å². The molecule has 0 fully saturated rings. The first-order chi connectivity index (χ1) is 9.68. The Morgan fingerprint density at radius 3 is 2.33 bits per heavy atom. The molecule has 1 aromatic heterocycles. The van der Waals surface area contributed by atoms with E-state index in [9.17, 15) is 0 Å². The van der Waals surface area contributed by atoms with Crippen LogP contribution in [0, 0.1) is 5.41 Å². The molecule has 1 rings (SSSR count). The van der Waals surface area contributed by atoms with Gasteiger partial charge in [-0.1, -0.05) is 41.5 Å². The molecule has 1 N–H and O–H groups in total. The van der Waals surface area contributed by atoms with E-state index in [1.54, 1.807) is 0 Å². The van der Waals surface area contributed by atoms with E-state index in [4.69, 9.17) is 4.98 Å². The summed E-state index contributed by atoms with van der Waals surface area (Å²) in [5.41, 5.74) is 1.51. The Kier molecular flexibility index (Phi) is 6.67. The van der Waals surface area contributed by atoms with Crippen LogP contribution in [0.3, 0.4) is 0 Å². The molecule has 3 nitrogen and oxygen atoms in total. The van der Waals surface area contributed by atoms with Crippen molar-refractivity contribution in [1.29, 1.82) is 0 Å². The summed E-state index contributed by atoms with van der Waals surface area (Å²) >= 11 is 1.84. The molecule has 0 aliphatic carbocycles. The predicted octanol–water partition coefficient (Wildman–Crippen LogP) is 4.64. The Morgan fingerprint density at radius 1 is 1.24 bits per heavy atom. The lowest BCUT2D eigenvalue weighted by atomic mass is 9.87. The average molecular weight is 312 g/mol. The zero-order chi connectivity index (χ0) is 16.2.